The van der Waals surface area contributed by atoms with Gasteiger partial charge in [0.05, 0.1) is 6.61 Å². The predicted octanol–water partition coefficient (Wildman–Crippen LogP) is 6.33. The van der Waals surface area contributed by atoms with Gasteiger partial charge in [0, 0.05) is 23.6 Å². The smallest absolute Gasteiger partial charge is 0.421 e. The molecule has 3 rings (SSSR count). The molecule has 0 atom stereocenters. The number of aromatic nitrogens is 2. The van der Waals surface area contributed by atoms with E-state index in [0.29, 0.717) is 29.6 Å². The third-order valence-electron chi connectivity index (χ3n) is 4.17. The van der Waals surface area contributed by atoms with Gasteiger partial charge in [0.15, 0.2) is 0 Å². The molecule has 5 nitrogen and oxygen atoms in total. The summed E-state index contributed by atoms with van der Waals surface area (Å²) in [5.74, 6) is 0.617. The average Bonchev–Trinajstić information content (AvgIpc) is 2.68. The first-order valence-electron chi connectivity index (χ1n) is 9.49. The Morgan fingerprint density at radius 1 is 1.03 bits per heavy atom. The molecule has 1 aromatic heterocycles. The van der Waals surface area contributed by atoms with E-state index in [1.165, 1.54) is 0 Å². The summed E-state index contributed by atoms with van der Waals surface area (Å²) in [4.78, 5) is 7.92. The van der Waals surface area contributed by atoms with Crippen LogP contribution in [-0.4, -0.2) is 16.6 Å². The Labute approximate surface area is 173 Å². The molecule has 0 spiro atoms. The number of anilines is 4. The Morgan fingerprint density at radius 2 is 1.80 bits per heavy atom. The molecule has 0 aliphatic rings. The van der Waals surface area contributed by atoms with Gasteiger partial charge in [-0.3, -0.25) is 0 Å². The highest BCUT2D eigenvalue weighted by Crippen LogP contribution is 2.35. The number of rotatable bonds is 7. The number of halogens is 3. The molecule has 30 heavy (non-hydrogen) atoms. The summed E-state index contributed by atoms with van der Waals surface area (Å²) in [6.45, 7) is 6.42. The van der Waals surface area contributed by atoms with E-state index in [-0.39, 0.29) is 11.8 Å². The molecule has 158 valence electrons. The number of ether oxygens (including phenoxy) is 1. The fourth-order valence-electron chi connectivity index (χ4n) is 2.64. The Bertz CT molecular complexity index is 1010. The van der Waals surface area contributed by atoms with Crippen LogP contribution in [0.25, 0.3) is 0 Å². The van der Waals surface area contributed by atoms with Crippen LogP contribution in [-0.2, 0) is 6.18 Å². The molecule has 0 fully saturated rings. The summed E-state index contributed by atoms with van der Waals surface area (Å²) >= 11 is 0. The number of para-hydroxylation sites is 1. The molecule has 0 saturated carbocycles. The molecular formula is C22H23F3N4O. The Morgan fingerprint density at radius 3 is 2.50 bits per heavy atom. The van der Waals surface area contributed by atoms with Crippen molar-refractivity contribution < 1.29 is 17.9 Å². The lowest BCUT2D eigenvalue weighted by atomic mass is 10.2. The number of benzene rings is 2. The van der Waals surface area contributed by atoms with Crippen LogP contribution >= 0.6 is 0 Å². The maximum absolute atomic E-state index is 13.5. The molecule has 0 aliphatic heterocycles. The lowest BCUT2D eigenvalue weighted by Crippen LogP contribution is -2.13. The van der Waals surface area contributed by atoms with Crippen LogP contribution in [0.5, 0.6) is 5.75 Å². The number of hydrogen-bond donors (Lipinski definition) is 2. The van der Waals surface area contributed by atoms with Crippen LogP contribution < -0.4 is 15.4 Å². The zero-order chi connectivity index (χ0) is 21.7. The normalized spacial score (nSPS) is 11.4. The van der Waals surface area contributed by atoms with Crippen molar-refractivity contribution in [1.82, 2.24) is 9.97 Å². The van der Waals surface area contributed by atoms with E-state index in [0.717, 1.165) is 11.8 Å². The lowest BCUT2D eigenvalue weighted by molar-refractivity contribution is -0.137. The van der Waals surface area contributed by atoms with Crippen molar-refractivity contribution in [3.05, 3.63) is 65.9 Å². The topological polar surface area (TPSA) is 59.1 Å². The maximum Gasteiger partial charge on any atom is 0.421 e. The number of alkyl halides is 3. The quantitative estimate of drug-likeness (QED) is 0.472. The molecular weight excluding hydrogens is 393 g/mol. The number of nitrogens with zero attached hydrogens (tertiary/aromatic N) is 2. The Hall–Kier alpha value is -3.29. The van der Waals surface area contributed by atoms with Crippen molar-refractivity contribution >= 4 is 23.1 Å². The first-order chi connectivity index (χ1) is 14.2. The van der Waals surface area contributed by atoms with Gasteiger partial charge >= 0.3 is 6.18 Å². The lowest BCUT2D eigenvalue weighted by Gasteiger charge is -2.16. The van der Waals surface area contributed by atoms with Crippen molar-refractivity contribution in [2.24, 2.45) is 5.92 Å². The first-order valence-corrected chi connectivity index (χ1v) is 9.49. The summed E-state index contributed by atoms with van der Waals surface area (Å²) < 4.78 is 46.1. The van der Waals surface area contributed by atoms with Crippen LogP contribution in [0.3, 0.4) is 0 Å². The monoisotopic (exact) mass is 416 g/mol. The van der Waals surface area contributed by atoms with Crippen LogP contribution in [0.2, 0.25) is 0 Å². The number of nitrogens with one attached hydrogen (secondary N) is 2. The second-order valence-corrected chi connectivity index (χ2v) is 7.25. The van der Waals surface area contributed by atoms with E-state index in [4.69, 9.17) is 4.74 Å². The summed E-state index contributed by atoms with van der Waals surface area (Å²) in [5.41, 5.74) is 1.12. The summed E-state index contributed by atoms with van der Waals surface area (Å²) in [5, 5.41) is 5.72. The van der Waals surface area contributed by atoms with Gasteiger partial charge in [0.1, 0.15) is 17.1 Å². The van der Waals surface area contributed by atoms with Crippen LogP contribution in [0.15, 0.2) is 54.7 Å². The first kappa shape index (κ1) is 21.4. The molecule has 0 aliphatic carbocycles. The predicted molar refractivity (Wildman–Crippen MR) is 112 cm³/mol. The van der Waals surface area contributed by atoms with Gasteiger partial charge in [-0.05, 0) is 36.6 Å². The summed E-state index contributed by atoms with van der Waals surface area (Å²) in [7, 11) is 0. The van der Waals surface area contributed by atoms with Gasteiger partial charge in [0.2, 0.25) is 5.95 Å². The number of hydrogen-bond acceptors (Lipinski definition) is 5. The van der Waals surface area contributed by atoms with E-state index < -0.39 is 11.7 Å². The number of aryl methyl sites for hydroxylation is 1. The van der Waals surface area contributed by atoms with Crippen molar-refractivity contribution in [3.8, 4) is 5.75 Å². The second-order valence-electron chi connectivity index (χ2n) is 7.25. The molecule has 0 saturated heterocycles. The third kappa shape index (κ3) is 5.62. The molecule has 0 radical (unpaired) electrons. The van der Waals surface area contributed by atoms with Crippen molar-refractivity contribution in [2.45, 2.75) is 26.9 Å². The van der Waals surface area contributed by atoms with Gasteiger partial charge in [-0.15, -0.1) is 0 Å². The highest BCUT2D eigenvalue weighted by Gasteiger charge is 2.35. The standard InChI is InChI=1S/C22H23F3N4O/c1-14(2)13-30-17-9-6-8-16(11-17)27-20-18(22(23,24)25)12-26-21(29-20)28-19-10-5-4-7-15(19)3/h4-12,14H,13H2,1-3H3,(H2,26,27,28,29). The molecule has 2 N–H and O–H groups in total. The van der Waals surface area contributed by atoms with Crippen molar-refractivity contribution in [3.63, 3.8) is 0 Å². The SMILES string of the molecule is Cc1ccccc1Nc1ncc(C(F)(F)F)c(Nc2cccc(OCC(C)C)c2)n1. The van der Waals surface area contributed by atoms with E-state index >= 15 is 0 Å². The Balaban J connectivity index is 1.90. The third-order valence-corrected chi connectivity index (χ3v) is 4.17. The van der Waals surface area contributed by atoms with Gasteiger partial charge in [-0.2, -0.15) is 18.2 Å². The minimum atomic E-state index is -4.60. The molecule has 3 aromatic rings. The van der Waals surface area contributed by atoms with E-state index in [9.17, 15) is 13.2 Å². The molecule has 0 bridgehead atoms. The average molecular weight is 416 g/mol. The fourth-order valence-corrected chi connectivity index (χ4v) is 2.64. The van der Waals surface area contributed by atoms with Gasteiger partial charge in [-0.25, -0.2) is 4.98 Å². The molecule has 8 heteroatoms. The van der Waals surface area contributed by atoms with Crippen molar-refractivity contribution in [2.75, 3.05) is 17.2 Å². The molecule has 0 unspecified atom stereocenters. The molecule has 0 amide bonds. The zero-order valence-electron chi connectivity index (χ0n) is 16.9. The summed E-state index contributed by atoms with van der Waals surface area (Å²) in [6.07, 6.45) is -3.83. The van der Waals surface area contributed by atoms with E-state index in [1.54, 1.807) is 30.3 Å². The fraction of sp³-hybridized carbons (Fsp3) is 0.273. The van der Waals surface area contributed by atoms with E-state index in [1.807, 2.05) is 39.0 Å². The van der Waals surface area contributed by atoms with Gasteiger partial charge < -0.3 is 15.4 Å². The van der Waals surface area contributed by atoms with Crippen LogP contribution in [0, 0.1) is 12.8 Å². The molecule has 1 heterocycles. The summed E-state index contributed by atoms with van der Waals surface area (Å²) in [6, 6.07) is 14.1. The van der Waals surface area contributed by atoms with Crippen LogP contribution in [0.1, 0.15) is 25.0 Å². The maximum atomic E-state index is 13.5. The minimum Gasteiger partial charge on any atom is -0.493 e. The highest BCUT2D eigenvalue weighted by atomic mass is 19.4. The zero-order valence-corrected chi connectivity index (χ0v) is 16.9. The Kier molecular flexibility index (Phi) is 6.44. The van der Waals surface area contributed by atoms with Crippen molar-refractivity contribution in [1.29, 1.82) is 0 Å². The largest absolute Gasteiger partial charge is 0.493 e. The second kappa shape index (κ2) is 9.02. The van der Waals surface area contributed by atoms with Gasteiger partial charge in [0.25, 0.3) is 0 Å². The van der Waals surface area contributed by atoms with E-state index in [2.05, 4.69) is 20.6 Å². The highest BCUT2D eigenvalue weighted by molar-refractivity contribution is 5.64. The molecule has 2 aromatic carbocycles. The van der Waals surface area contributed by atoms with Crippen LogP contribution in [0.4, 0.5) is 36.3 Å². The van der Waals surface area contributed by atoms with Gasteiger partial charge in [-0.1, -0.05) is 38.1 Å². The minimum absolute atomic E-state index is 0.0620.